The van der Waals surface area contributed by atoms with Crippen molar-refractivity contribution in [2.45, 2.75) is 42.7 Å². The van der Waals surface area contributed by atoms with Gasteiger partial charge in [-0.2, -0.15) is 0 Å². The minimum absolute atomic E-state index is 0.0971. The Hall–Kier alpha value is -2.53. The van der Waals surface area contributed by atoms with Crippen molar-refractivity contribution < 1.29 is 13.2 Å². The lowest BCUT2D eigenvalue weighted by atomic mass is 9.88. The summed E-state index contributed by atoms with van der Waals surface area (Å²) >= 11 is 7.48. The number of benzene rings is 2. The SMILES string of the molecule is Cc1cnc(SCC(=O)Nc2ccc(S(N)(=O)=O)cc2Cl)n1-c1ccc(N(C)C)c2c1CCCC2. The number of fused-ring (bicyclic) bond motifs is 1. The van der Waals surface area contributed by atoms with Gasteiger partial charge in [-0.3, -0.25) is 9.36 Å². The molecule has 1 heterocycles. The number of thioether (sulfide) groups is 1. The number of anilines is 2. The third kappa shape index (κ3) is 5.50. The Kier molecular flexibility index (Phi) is 7.46. The van der Waals surface area contributed by atoms with Gasteiger partial charge in [-0.15, -0.1) is 0 Å². The molecule has 0 bridgehead atoms. The van der Waals surface area contributed by atoms with Gasteiger partial charge < -0.3 is 10.2 Å². The topological polar surface area (TPSA) is 110 Å². The average Bonchev–Trinajstić information content (AvgIpc) is 3.17. The highest BCUT2D eigenvalue weighted by Gasteiger charge is 2.22. The second-order valence-corrected chi connectivity index (χ2v) is 11.6. The van der Waals surface area contributed by atoms with E-state index in [2.05, 4.69) is 46.0 Å². The molecular weight excluding hydrogens is 506 g/mol. The largest absolute Gasteiger partial charge is 0.377 e. The molecule has 3 aromatic rings. The molecule has 0 radical (unpaired) electrons. The molecule has 1 aromatic heterocycles. The molecule has 4 rings (SSSR count). The fourth-order valence-electron chi connectivity index (χ4n) is 4.36. The van der Waals surface area contributed by atoms with Crippen LogP contribution in [0.2, 0.25) is 5.02 Å². The van der Waals surface area contributed by atoms with Crippen LogP contribution in [-0.4, -0.2) is 43.7 Å². The fourth-order valence-corrected chi connectivity index (χ4v) is 6.02. The summed E-state index contributed by atoms with van der Waals surface area (Å²) in [7, 11) is 0.266. The van der Waals surface area contributed by atoms with Gasteiger partial charge in [0.2, 0.25) is 15.9 Å². The summed E-state index contributed by atoms with van der Waals surface area (Å²) in [6.45, 7) is 2.01. The molecule has 11 heteroatoms. The molecule has 0 aliphatic heterocycles. The lowest BCUT2D eigenvalue weighted by Gasteiger charge is -2.27. The minimum atomic E-state index is -3.87. The second-order valence-electron chi connectivity index (χ2n) is 8.70. The zero-order chi connectivity index (χ0) is 25.3. The normalized spacial score (nSPS) is 13.4. The summed E-state index contributed by atoms with van der Waals surface area (Å²) in [6, 6.07) is 8.25. The lowest BCUT2D eigenvalue weighted by Crippen LogP contribution is -2.18. The van der Waals surface area contributed by atoms with E-state index in [-0.39, 0.29) is 21.6 Å². The summed E-state index contributed by atoms with van der Waals surface area (Å²) in [4.78, 5) is 19.3. The molecule has 0 saturated heterocycles. The van der Waals surface area contributed by atoms with E-state index in [0.29, 0.717) is 5.69 Å². The third-order valence-electron chi connectivity index (χ3n) is 5.99. The number of hydrogen-bond acceptors (Lipinski definition) is 6. The number of sulfonamides is 1. The maximum atomic E-state index is 12.7. The second kappa shape index (κ2) is 10.2. The number of nitrogens with two attached hydrogens (primary N) is 1. The number of nitrogens with zero attached hydrogens (tertiary/aromatic N) is 3. The highest BCUT2D eigenvalue weighted by atomic mass is 35.5. The molecular formula is C24H28ClN5O3S2. The van der Waals surface area contributed by atoms with Gasteiger partial charge in [0.05, 0.1) is 27.0 Å². The minimum Gasteiger partial charge on any atom is -0.377 e. The summed E-state index contributed by atoms with van der Waals surface area (Å²) < 4.78 is 25.1. The van der Waals surface area contributed by atoms with E-state index in [1.165, 1.54) is 53.2 Å². The van der Waals surface area contributed by atoms with Crippen molar-refractivity contribution in [1.29, 1.82) is 0 Å². The molecule has 1 aliphatic carbocycles. The molecule has 2 aromatic carbocycles. The maximum absolute atomic E-state index is 12.7. The van der Waals surface area contributed by atoms with E-state index in [9.17, 15) is 13.2 Å². The Bertz CT molecular complexity index is 1390. The molecule has 8 nitrogen and oxygen atoms in total. The average molecular weight is 534 g/mol. The van der Waals surface area contributed by atoms with Gasteiger partial charge in [0, 0.05) is 31.7 Å². The summed E-state index contributed by atoms with van der Waals surface area (Å²) in [6.07, 6.45) is 6.23. The van der Waals surface area contributed by atoms with Gasteiger partial charge in [0.1, 0.15) is 0 Å². The standard InChI is InChI=1S/C24H28ClN5O3S2/c1-15-13-27-24(30(15)22-11-10-21(29(2)3)17-6-4-5-7-18(17)22)34-14-23(31)28-20-9-8-16(12-19(20)25)35(26,32)33/h8-13H,4-7,14H2,1-3H3,(H,28,31)(H2,26,32,33). The van der Waals surface area contributed by atoms with Crippen LogP contribution in [0.4, 0.5) is 11.4 Å². The van der Waals surface area contributed by atoms with Crippen LogP contribution in [0, 0.1) is 6.92 Å². The summed E-state index contributed by atoms with van der Waals surface area (Å²) in [5.74, 6) is -0.167. The van der Waals surface area contributed by atoms with Gasteiger partial charge in [0.25, 0.3) is 0 Å². The van der Waals surface area contributed by atoms with Crippen molar-refractivity contribution in [3.05, 3.63) is 58.4 Å². The number of primary sulfonamides is 1. The van der Waals surface area contributed by atoms with Gasteiger partial charge in [-0.05, 0) is 74.1 Å². The van der Waals surface area contributed by atoms with Crippen LogP contribution >= 0.6 is 23.4 Å². The molecule has 35 heavy (non-hydrogen) atoms. The van der Waals surface area contributed by atoms with Crippen molar-refractivity contribution in [2.24, 2.45) is 5.14 Å². The number of halogens is 1. The van der Waals surface area contributed by atoms with E-state index in [1.807, 2.05) is 13.1 Å². The maximum Gasteiger partial charge on any atom is 0.238 e. The first kappa shape index (κ1) is 25.6. The highest BCUT2D eigenvalue weighted by molar-refractivity contribution is 7.99. The van der Waals surface area contributed by atoms with Gasteiger partial charge >= 0.3 is 0 Å². The van der Waals surface area contributed by atoms with Gasteiger partial charge in [-0.25, -0.2) is 18.5 Å². The van der Waals surface area contributed by atoms with Crippen LogP contribution < -0.4 is 15.4 Å². The van der Waals surface area contributed by atoms with Crippen molar-refractivity contribution in [3.8, 4) is 5.69 Å². The monoisotopic (exact) mass is 533 g/mol. The molecule has 0 unspecified atom stereocenters. The van der Waals surface area contributed by atoms with Crippen molar-refractivity contribution >= 4 is 50.7 Å². The van der Waals surface area contributed by atoms with Crippen LogP contribution in [0.1, 0.15) is 29.7 Å². The van der Waals surface area contributed by atoms with E-state index in [0.717, 1.165) is 35.8 Å². The first-order chi connectivity index (χ1) is 16.6. The number of amides is 1. The highest BCUT2D eigenvalue weighted by Crippen LogP contribution is 2.36. The quantitative estimate of drug-likeness (QED) is 0.441. The molecule has 0 fully saturated rings. The Morgan fingerprint density at radius 1 is 1.20 bits per heavy atom. The third-order valence-corrected chi connectivity index (χ3v) is 8.17. The van der Waals surface area contributed by atoms with Gasteiger partial charge in [-0.1, -0.05) is 23.4 Å². The number of carbonyl (C=O) groups excluding carboxylic acids is 1. The van der Waals surface area contributed by atoms with E-state index in [4.69, 9.17) is 16.7 Å². The van der Waals surface area contributed by atoms with Crippen LogP contribution in [0.3, 0.4) is 0 Å². The Morgan fingerprint density at radius 3 is 2.57 bits per heavy atom. The number of nitrogens with one attached hydrogen (secondary N) is 1. The van der Waals surface area contributed by atoms with E-state index in [1.54, 1.807) is 0 Å². The van der Waals surface area contributed by atoms with Crippen LogP contribution in [0.25, 0.3) is 5.69 Å². The first-order valence-corrected chi connectivity index (χ1v) is 14.1. The Balaban J connectivity index is 1.54. The van der Waals surface area contributed by atoms with Crippen molar-refractivity contribution in [1.82, 2.24) is 9.55 Å². The zero-order valence-electron chi connectivity index (χ0n) is 19.8. The molecule has 0 spiro atoms. The van der Waals surface area contributed by atoms with Crippen LogP contribution in [0.5, 0.6) is 0 Å². The fraction of sp³-hybridized carbons (Fsp3) is 0.333. The molecule has 1 aliphatic rings. The number of aromatic nitrogens is 2. The van der Waals surface area contributed by atoms with Crippen LogP contribution in [-0.2, 0) is 27.7 Å². The van der Waals surface area contributed by atoms with Crippen molar-refractivity contribution in [2.75, 3.05) is 30.1 Å². The molecule has 0 atom stereocenters. The summed E-state index contributed by atoms with van der Waals surface area (Å²) in [5.41, 5.74) is 6.41. The molecule has 1 amide bonds. The van der Waals surface area contributed by atoms with Gasteiger partial charge in [0.15, 0.2) is 5.16 Å². The number of imidazole rings is 1. The van der Waals surface area contributed by atoms with Crippen molar-refractivity contribution in [3.63, 3.8) is 0 Å². The molecule has 3 N–H and O–H groups in total. The summed E-state index contributed by atoms with van der Waals surface area (Å²) in [5, 5.41) is 8.69. The number of aryl methyl sites for hydroxylation is 1. The number of hydrogen-bond donors (Lipinski definition) is 2. The van der Waals surface area contributed by atoms with E-state index >= 15 is 0 Å². The zero-order valence-corrected chi connectivity index (χ0v) is 22.2. The predicted octanol–water partition coefficient (Wildman–Crippen LogP) is 4.16. The Labute approximate surface area is 214 Å². The Morgan fingerprint density at radius 2 is 1.91 bits per heavy atom. The predicted molar refractivity (Wildman–Crippen MR) is 141 cm³/mol. The lowest BCUT2D eigenvalue weighted by molar-refractivity contribution is -0.113. The number of carbonyl (C=O) groups is 1. The van der Waals surface area contributed by atoms with E-state index < -0.39 is 10.0 Å². The molecule has 0 saturated carbocycles. The van der Waals surface area contributed by atoms with Crippen LogP contribution in [0.15, 0.2) is 46.6 Å². The first-order valence-electron chi connectivity index (χ1n) is 11.2. The number of rotatable bonds is 7. The smallest absolute Gasteiger partial charge is 0.238 e. The molecule has 186 valence electrons.